The Kier molecular flexibility index (Phi) is 6.52. The molecule has 122 valence electrons. The van der Waals surface area contributed by atoms with Crippen LogP contribution < -0.4 is 10.1 Å². The second-order valence-corrected chi connectivity index (χ2v) is 5.69. The van der Waals surface area contributed by atoms with Gasteiger partial charge in [0.1, 0.15) is 5.75 Å². The molecule has 1 aliphatic rings. The maximum absolute atomic E-state index is 12.1. The molecule has 1 fully saturated rings. The Hall–Kier alpha value is -1.75. The summed E-state index contributed by atoms with van der Waals surface area (Å²) in [6.45, 7) is 2.74. The van der Waals surface area contributed by atoms with Crippen molar-refractivity contribution in [2.45, 2.75) is 19.3 Å². The number of urea groups is 1. The summed E-state index contributed by atoms with van der Waals surface area (Å²) < 4.78 is 10.4. The van der Waals surface area contributed by atoms with Gasteiger partial charge >= 0.3 is 6.03 Å². The Morgan fingerprint density at radius 3 is 2.95 bits per heavy atom. The van der Waals surface area contributed by atoms with E-state index < -0.39 is 0 Å². The zero-order chi connectivity index (χ0) is 15.8. The Balaban J connectivity index is 1.89. The minimum absolute atomic E-state index is 0.0155. The van der Waals surface area contributed by atoms with Gasteiger partial charge < -0.3 is 19.7 Å². The van der Waals surface area contributed by atoms with E-state index in [2.05, 4.69) is 11.4 Å². The minimum Gasteiger partial charge on any atom is -0.496 e. The molecule has 1 aromatic carbocycles. The first kappa shape index (κ1) is 16.6. The highest BCUT2D eigenvalue weighted by atomic mass is 16.5. The smallest absolute Gasteiger partial charge is 0.317 e. The second-order valence-electron chi connectivity index (χ2n) is 5.69. The lowest BCUT2D eigenvalue weighted by Gasteiger charge is -2.33. The number of likely N-dealkylation sites (tertiary alicyclic amines) is 1. The number of piperidine rings is 1. The van der Waals surface area contributed by atoms with Crippen molar-refractivity contribution in [1.82, 2.24) is 10.2 Å². The molecular weight excluding hydrogens is 280 g/mol. The van der Waals surface area contributed by atoms with E-state index in [1.807, 2.05) is 23.1 Å². The van der Waals surface area contributed by atoms with Gasteiger partial charge in [0, 0.05) is 26.7 Å². The number of benzene rings is 1. The molecule has 2 amide bonds. The summed E-state index contributed by atoms with van der Waals surface area (Å²) in [4.78, 5) is 14.0. The number of hydrogen-bond donors (Lipinski definition) is 1. The number of nitrogens with zero attached hydrogens (tertiary/aromatic N) is 1. The van der Waals surface area contributed by atoms with Crippen LogP contribution in [0.15, 0.2) is 24.3 Å². The molecule has 1 aromatic rings. The van der Waals surface area contributed by atoms with E-state index >= 15 is 0 Å². The Morgan fingerprint density at radius 1 is 1.36 bits per heavy atom. The molecule has 1 atom stereocenters. The molecule has 0 unspecified atom stereocenters. The largest absolute Gasteiger partial charge is 0.496 e. The maximum atomic E-state index is 12.1. The van der Waals surface area contributed by atoms with Crippen LogP contribution in [0.4, 0.5) is 4.79 Å². The van der Waals surface area contributed by atoms with Gasteiger partial charge in [0.25, 0.3) is 0 Å². The lowest BCUT2D eigenvalue weighted by Crippen LogP contribution is -2.46. The number of amides is 2. The first-order chi connectivity index (χ1) is 10.7. The molecule has 1 saturated heterocycles. The zero-order valence-electron chi connectivity index (χ0n) is 13.5. The fraction of sp³-hybridized carbons (Fsp3) is 0.588. The molecule has 0 aliphatic carbocycles. The van der Waals surface area contributed by atoms with Crippen LogP contribution in [0, 0.1) is 5.92 Å². The first-order valence-corrected chi connectivity index (χ1v) is 7.88. The van der Waals surface area contributed by atoms with Crippen LogP contribution in [0.25, 0.3) is 0 Å². The minimum atomic E-state index is 0.0155. The maximum Gasteiger partial charge on any atom is 0.317 e. The van der Waals surface area contributed by atoms with Gasteiger partial charge in [0.05, 0.1) is 13.7 Å². The predicted octanol–water partition coefficient (Wildman–Crippen LogP) is 2.31. The number of para-hydroxylation sites is 1. The van der Waals surface area contributed by atoms with Gasteiger partial charge in [-0.15, -0.1) is 0 Å². The van der Waals surface area contributed by atoms with Gasteiger partial charge in [-0.3, -0.25) is 0 Å². The number of rotatable bonds is 6. The first-order valence-electron chi connectivity index (χ1n) is 7.88. The van der Waals surface area contributed by atoms with Gasteiger partial charge in [0.2, 0.25) is 0 Å². The normalized spacial score (nSPS) is 18.1. The third-order valence-electron chi connectivity index (χ3n) is 4.09. The molecule has 5 heteroatoms. The molecule has 0 radical (unpaired) electrons. The van der Waals surface area contributed by atoms with E-state index in [0.29, 0.717) is 19.1 Å². The van der Waals surface area contributed by atoms with Crippen LogP contribution >= 0.6 is 0 Å². The van der Waals surface area contributed by atoms with E-state index in [9.17, 15) is 4.79 Å². The molecule has 0 spiro atoms. The highest BCUT2D eigenvalue weighted by Gasteiger charge is 2.24. The van der Waals surface area contributed by atoms with Crippen molar-refractivity contribution in [1.29, 1.82) is 0 Å². The molecule has 2 rings (SSSR count). The lowest BCUT2D eigenvalue weighted by atomic mass is 9.91. The van der Waals surface area contributed by atoms with E-state index in [1.54, 1.807) is 14.2 Å². The van der Waals surface area contributed by atoms with Gasteiger partial charge in [-0.1, -0.05) is 18.2 Å². The number of carbonyl (C=O) groups is 1. The van der Waals surface area contributed by atoms with Crippen LogP contribution in [0.2, 0.25) is 0 Å². The van der Waals surface area contributed by atoms with E-state index in [1.165, 1.54) is 5.56 Å². The number of nitrogens with one attached hydrogen (secondary N) is 1. The van der Waals surface area contributed by atoms with Crippen molar-refractivity contribution < 1.29 is 14.3 Å². The fourth-order valence-corrected chi connectivity index (χ4v) is 2.97. The molecular formula is C17H26N2O3. The topological polar surface area (TPSA) is 50.8 Å². The second kappa shape index (κ2) is 8.63. The zero-order valence-corrected chi connectivity index (χ0v) is 13.5. The molecule has 0 aromatic heterocycles. The van der Waals surface area contributed by atoms with Crippen LogP contribution in [-0.4, -0.2) is 51.4 Å². The van der Waals surface area contributed by atoms with Gasteiger partial charge in [-0.05, 0) is 36.8 Å². The number of carbonyl (C=O) groups excluding carboxylic acids is 1. The molecule has 1 aliphatic heterocycles. The van der Waals surface area contributed by atoms with Crippen molar-refractivity contribution in [3.63, 3.8) is 0 Å². The van der Waals surface area contributed by atoms with E-state index in [0.717, 1.165) is 38.1 Å². The number of ether oxygens (including phenoxy) is 2. The third kappa shape index (κ3) is 4.63. The summed E-state index contributed by atoms with van der Waals surface area (Å²) in [5.74, 6) is 1.42. The lowest BCUT2D eigenvalue weighted by molar-refractivity contribution is 0.157. The summed E-state index contributed by atoms with van der Waals surface area (Å²) in [7, 11) is 3.34. The van der Waals surface area contributed by atoms with Crippen LogP contribution in [0.1, 0.15) is 18.4 Å². The summed E-state index contributed by atoms with van der Waals surface area (Å²) in [5.41, 5.74) is 1.22. The fourth-order valence-electron chi connectivity index (χ4n) is 2.97. The van der Waals surface area contributed by atoms with Gasteiger partial charge in [-0.25, -0.2) is 4.79 Å². The predicted molar refractivity (Wildman–Crippen MR) is 86.3 cm³/mol. The molecule has 0 saturated carbocycles. The quantitative estimate of drug-likeness (QED) is 0.821. The van der Waals surface area contributed by atoms with Crippen LogP contribution in [0.3, 0.4) is 0 Å². The molecule has 1 N–H and O–H groups in total. The van der Waals surface area contributed by atoms with Crippen LogP contribution in [0.5, 0.6) is 5.75 Å². The summed E-state index contributed by atoms with van der Waals surface area (Å²) in [5, 5.41) is 2.90. The molecule has 5 nitrogen and oxygen atoms in total. The Morgan fingerprint density at radius 2 is 2.18 bits per heavy atom. The summed E-state index contributed by atoms with van der Waals surface area (Å²) in [6, 6.07) is 8.14. The van der Waals surface area contributed by atoms with Crippen molar-refractivity contribution in [2.75, 3.05) is 40.5 Å². The average Bonchev–Trinajstić information content (AvgIpc) is 2.56. The SMILES string of the molecule is COCCNC(=O)N1CCC[C@H](Cc2ccccc2OC)C1. The van der Waals surface area contributed by atoms with Crippen molar-refractivity contribution in [3.8, 4) is 5.75 Å². The van der Waals surface area contributed by atoms with Crippen molar-refractivity contribution >= 4 is 6.03 Å². The highest BCUT2D eigenvalue weighted by Crippen LogP contribution is 2.25. The van der Waals surface area contributed by atoms with Gasteiger partial charge in [0.15, 0.2) is 0 Å². The van der Waals surface area contributed by atoms with Crippen LogP contribution in [-0.2, 0) is 11.2 Å². The highest BCUT2D eigenvalue weighted by molar-refractivity contribution is 5.74. The number of hydrogen-bond acceptors (Lipinski definition) is 3. The number of methoxy groups -OCH3 is 2. The van der Waals surface area contributed by atoms with Crippen molar-refractivity contribution in [3.05, 3.63) is 29.8 Å². The molecule has 1 heterocycles. The molecule has 0 bridgehead atoms. The van der Waals surface area contributed by atoms with E-state index in [4.69, 9.17) is 9.47 Å². The van der Waals surface area contributed by atoms with Crippen molar-refractivity contribution in [2.24, 2.45) is 5.92 Å². The standard InChI is InChI=1S/C17H26N2O3/c1-21-11-9-18-17(20)19-10-5-6-14(13-19)12-15-7-3-4-8-16(15)22-2/h3-4,7-8,14H,5-6,9-13H2,1-2H3,(H,18,20)/t14-/m1/s1. The monoisotopic (exact) mass is 306 g/mol. The Labute approximate surface area is 132 Å². The third-order valence-corrected chi connectivity index (χ3v) is 4.09. The van der Waals surface area contributed by atoms with Gasteiger partial charge in [-0.2, -0.15) is 0 Å². The average molecular weight is 306 g/mol. The summed E-state index contributed by atoms with van der Waals surface area (Å²) in [6.07, 6.45) is 3.16. The Bertz CT molecular complexity index is 479. The molecule has 22 heavy (non-hydrogen) atoms. The van der Waals surface area contributed by atoms with E-state index in [-0.39, 0.29) is 6.03 Å². The summed E-state index contributed by atoms with van der Waals surface area (Å²) >= 11 is 0.